The van der Waals surface area contributed by atoms with Crippen molar-refractivity contribution in [2.24, 2.45) is 7.05 Å². The molecule has 21 heavy (non-hydrogen) atoms. The smallest absolute Gasteiger partial charge is 0.405 e. The Kier molecular flexibility index (Phi) is 4.02. The van der Waals surface area contributed by atoms with Gasteiger partial charge in [-0.2, -0.15) is 5.10 Å². The van der Waals surface area contributed by atoms with Crippen molar-refractivity contribution in [2.45, 2.75) is 19.7 Å². The minimum absolute atomic E-state index is 0.141. The number of carbonyl (C=O) groups excluding carboxylic acids is 1. The van der Waals surface area contributed by atoms with Gasteiger partial charge in [-0.15, -0.1) is 13.2 Å². The van der Waals surface area contributed by atoms with Crippen molar-refractivity contribution in [1.29, 1.82) is 0 Å². The number of hydrogen-bond acceptors (Lipinski definition) is 3. The quantitative estimate of drug-likeness (QED) is 0.815. The third-order valence-electron chi connectivity index (χ3n) is 2.84. The summed E-state index contributed by atoms with van der Waals surface area (Å²) in [6, 6.07) is 5.28. The van der Waals surface area contributed by atoms with Gasteiger partial charge in [0.15, 0.2) is 5.78 Å². The van der Waals surface area contributed by atoms with Crippen molar-refractivity contribution in [3.8, 4) is 5.75 Å². The second-order valence-corrected chi connectivity index (χ2v) is 4.39. The lowest BCUT2D eigenvalue weighted by Crippen LogP contribution is -2.19. The maximum Gasteiger partial charge on any atom is 0.573 e. The van der Waals surface area contributed by atoms with Crippen LogP contribution in [0.15, 0.2) is 30.5 Å². The van der Waals surface area contributed by atoms with Crippen LogP contribution in [0.1, 0.15) is 28.5 Å². The van der Waals surface area contributed by atoms with Crippen LogP contribution < -0.4 is 4.74 Å². The van der Waals surface area contributed by atoms with Gasteiger partial charge < -0.3 is 4.74 Å². The Labute approximate surface area is 119 Å². The molecule has 0 spiro atoms. The number of ether oxygens (including phenoxy) is 1. The molecule has 2 aromatic rings. The summed E-state index contributed by atoms with van der Waals surface area (Å²) >= 11 is 0. The number of ketones is 1. The number of aryl methyl sites for hydroxylation is 2. The van der Waals surface area contributed by atoms with E-state index in [1.54, 1.807) is 7.05 Å². The highest BCUT2D eigenvalue weighted by Crippen LogP contribution is 2.28. The first kappa shape index (κ1) is 15.1. The highest BCUT2D eigenvalue weighted by Gasteiger charge is 2.33. The van der Waals surface area contributed by atoms with Crippen molar-refractivity contribution in [3.05, 3.63) is 47.3 Å². The molecule has 0 aliphatic rings. The number of para-hydroxylation sites is 1. The van der Waals surface area contributed by atoms with Crippen LogP contribution in [-0.4, -0.2) is 21.9 Å². The van der Waals surface area contributed by atoms with Gasteiger partial charge in [-0.25, -0.2) is 0 Å². The normalized spacial score (nSPS) is 11.5. The van der Waals surface area contributed by atoms with Crippen LogP contribution in [0.4, 0.5) is 13.2 Å². The molecule has 0 radical (unpaired) electrons. The summed E-state index contributed by atoms with van der Waals surface area (Å²) in [7, 11) is 1.65. The van der Waals surface area contributed by atoms with Crippen LogP contribution in [0.3, 0.4) is 0 Å². The average Bonchev–Trinajstić information content (AvgIpc) is 2.78. The number of halogens is 3. The van der Waals surface area contributed by atoms with Crippen LogP contribution >= 0.6 is 0 Å². The lowest BCUT2D eigenvalue weighted by Gasteiger charge is -2.12. The zero-order chi connectivity index (χ0) is 15.6. The van der Waals surface area contributed by atoms with Gasteiger partial charge in [0.2, 0.25) is 0 Å². The fourth-order valence-corrected chi connectivity index (χ4v) is 2.00. The first-order valence-corrected chi connectivity index (χ1v) is 6.24. The number of aromatic nitrogens is 2. The standard InChI is InChI=1S/C14H13F3N2O2/c1-3-11-10(8-19(2)18-11)13(20)9-6-4-5-7-12(9)21-14(15,16)17/h4-8H,3H2,1-2H3. The Hall–Kier alpha value is -2.31. The Morgan fingerprint density at radius 3 is 2.57 bits per heavy atom. The Balaban J connectivity index is 2.44. The molecule has 4 nitrogen and oxygen atoms in total. The summed E-state index contributed by atoms with van der Waals surface area (Å²) in [4.78, 5) is 12.4. The van der Waals surface area contributed by atoms with Crippen LogP contribution in [0.2, 0.25) is 0 Å². The molecule has 7 heteroatoms. The van der Waals surface area contributed by atoms with E-state index in [2.05, 4.69) is 9.84 Å². The second kappa shape index (κ2) is 5.59. The molecule has 0 aliphatic carbocycles. The summed E-state index contributed by atoms with van der Waals surface area (Å²) < 4.78 is 42.5. The number of rotatable bonds is 4. The fraction of sp³-hybridized carbons (Fsp3) is 0.286. The number of hydrogen-bond donors (Lipinski definition) is 0. The maximum atomic E-state index is 12.4. The SMILES string of the molecule is CCc1nn(C)cc1C(=O)c1ccccc1OC(F)(F)F. The third-order valence-corrected chi connectivity index (χ3v) is 2.84. The van der Waals surface area contributed by atoms with Gasteiger partial charge in [0, 0.05) is 13.2 Å². The molecule has 0 aliphatic heterocycles. The number of benzene rings is 1. The zero-order valence-corrected chi connectivity index (χ0v) is 11.4. The zero-order valence-electron chi connectivity index (χ0n) is 11.4. The Morgan fingerprint density at radius 2 is 1.95 bits per heavy atom. The van der Waals surface area contributed by atoms with Crippen LogP contribution in [-0.2, 0) is 13.5 Å². The van der Waals surface area contributed by atoms with Crippen molar-refractivity contribution in [3.63, 3.8) is 0 Å². The molecule has 0 fully saturated rings. The predicted molar refractivity (Wildman–Crippen MR) is 69.1 cm³/mol. The average molecular weight is 298 g/mol. The Bertz CT molecular complexity index is 662. The third kappa shape index (κ3) is 3.42. The molecular weight excluding hydrogens is 285 g/mol. The molecule has 0 saturated heterocycles. The van der Waals surface area contributed by atoms with Crippen molar-refractivity contribution in [2.75, 3.05) is 0 Å². The monoisotopic (exact) mass is 298 g/mol. The lowest BCUT2D eigenvalue weighted by molar-refractivity contribution is -0.274. The van der Waals surface area contributed by atoms with E-state index in [1.165, 1.54) is 29.1 Å². The van der Waals surface area contributed by atoms with Gasteiger partial charge in [0.1, 0.15) is 5.75 Å². The Morgan fingerprint density at radius 1 is 1.29 bits per heavy atom. The number of nitrogens with zero attached hydrogens (tertiary/aromatic N) is 2. The largest absolute Gasteiger partial charge is 0.573 e. The fourth-order valence-electron chi connectivity index (χ4n) is 2.00. The molecule has 0 bridgehead atoms. The van der Waals surface area contributed by atoms with E-state index >= 15 is 0 Å². The second-order valence-electron chi connectivity index (χ2n) is 4.39. The van der Waals surface area contributed by atoms with Gasteiger partial charge in [-0.05, 0) is 18.6 Å². The van der Waals surface area contributed by atoms with E-state index in [4.69, 9.17) is 0 Å². The number of alkyl halides is 3. The molecule has 2 rings (SSSR count). The summed E-state index contributed by atoms with van der Waals surface area (Å²) in [5, 5.41) is 4.11. The predicted octanol–water partition coefficient (Wildman–Crippen LogP) is 3.11. The van der Waals surface area contributed by atoms with Crippen molar-refractivity contribution >= 4 is 5.78 Å². The van der Waals surface area contributed by atoms with Gasteiger partial charge in [0.25, 0.3) is 0 Å². The van der Waals surface area contributed by atoms with E-state index in [0.29, 0.717) is 12.1 Å². The summed E-state index contributed by atoms with van der Waals surface area (Å²) in [6.45, 7) is 1.82. The van der Waals surface area contributed by atoms with E-state index < -0.39 is 17.9 Å². The van der Waals surface area contributed by atoms with Gasteiger partial charge in [-0.1, -0.05) is 19.1 Å². The topological polar surface area (TPSA) is 44.1 Å². The van der Waals surface area contributed by atoms with E-state index in [-0.39, 0.29) is 11.1 Å². The van der Waals surface area contributed by atoms with E-state index in [0.717, 1.165) is 6.07 Å². The van der Waals surface area contributed by atoms with Crippen LogP contribution in [0.25, 0.3) is 0 Å². The minimum atomic E-state index is -4.85. The molecule has 1 aromatic carbocycles. The van der Waals surface area contributed by atoms with Gasteiger partial charge >= 0.3 is 6.36 Å². The van der Waals surface area contributed by atoms with Crippen LogP contribution in [0.5, 0.6) is 5.75 Å². The van der Waals surface area contributed by atoms with Crippen molar-refractivity contribution < 1.29 is 22.7 Å². The first-order valence-electron chi connectivity index (χ1n) is 6.24. The molecule has 1 heterocycles. The molecule has 1 aromatic heterocycles. The molecular formula is C14H13F3N2O2. The van der Waals surface area contributed by atoms with E-state index in [9.17, 15) is 18.0 Å². The molecule has 0 unspecified atom stereocenters. The minimum Gasteiger partial charge on any atom is -0.405 e. The summed E-state index contributed by atoms with van der Waals surface area (Å²) in [5.74, 6) is -1.05. The van der Waals surface area contributed by atoms with E-state index in [1.807, 2.05) is 6.92 Å². The van der Waals surface area contributed by atoms with Gasteiger partial charge in [0.05, 0.1) is 16.8 Å². The first-order chi connectivity index (χ1) is 9.81. The molecule has 112 valence electrons. The van der Waals surface area contributed by atoms with Crippen molar-refractivity contribution in [1.82, 2.24) is 9.78 Å². The molecule has 0 atom stereocenters. The molecule has 0 N–H and O–H groups in total. The lowest BCUT2D eigenvalue weighted by atomic mass is 10.0. The number of carbonyl (C=O) groups is 1. The highest BCUT2D eigenvalue weighted by atomic mass is 19.4. The van der Waals surface area contributed by atoms with Gasteiger partial charge in [-0.3, -0.25) is 9.48 Å². The summed E-state index contributed by atoms with van der Waals surface area (Å²) in [6.07, 6.45) is -2.85. The highest BCUT2D eigenvalue weighted by molar-refractivity contribution is 6.11. The summed E-state index contributed by atoms with van der Waals surface area (Å²) in [5.41, 5.74) is 0.667. The molecule has 0 saturated carbocycles. The van der Waals surface area contributed by atoms with Crippen LogP contribution in [0, 0.1) is 0 Å². The molecule has 0 amide bonds. The maximum absolute atomic E-state index is 12.4.